The molecule has 0 bridgehead atoms. The SMILES string of the molecule is CC(=O)N1N=C(c2cccc(NC(=O)c3ccccc3Cl)c2)OC1c1ccc2ccccc2c1. The molecule has 6 nitrogen and oxygen atoms in total. The summed E-state index contributed by atoms with van der Waals surface area (Å²) in [6.45, 7) is 1.45. The molecule has 34 heavy (non-hydrogen) atoms. The molecule has 1 N–H and O–H groups in total. The number of hydrogen-bond donors (Lipinski definition) is 1. The number of fused-ring (bicyclic) bond motifs is 1. The lowest BCUT2D eigenvalue weighted by atomic mass is 10.1. The number of rotatable bonds is 4. The van der Waals surface area contributed by atoms with Gasteiger partial charge in [0.05, 0.1) is 10.6 Å². The molecule has 1 unspecified atom stereocenters. The van der Waals surface area contributed by atoms with Gasteiger partial charge in [0.2, 0.25) is 18.0 Å². The number of hydrogen-bond acceptors (Lipinski definition) is 4. The number of nitrogens with one attached hydrogen (secondary N) is 1. The summed E-state index contributed by atoms with van der Waals surface area (Å²) in [5, 5.41) is 11.1. The number of amides is 2. The number of anilines is 1. The van der Waals surface area contributed by atoms with Gasteiger partial charge in [0, 0.05) is 23.7 Å². The second kappa shape index (κ2) is 9.00. The fourth-order valence-corrected chi connectivity index (χ4v) is 4.06. The quantitative estimate of drug-likeness (QED) is 0.399. The van der Waals surface area contributed by atoms with E-state index >= 15 is 0 Å². The minimum atomic E-state index is -0.682. The first-order valence-corrected chi connectivity index (χ1v) is 11.1. The first-order valence-electron chi connectivity index (χ1n) is 10.7. The Balaban J connectivity index is 1.41. The Morgan fingerprint density at radius 1 is 0.912 bits per heavy atom. The highest BCUT2D eigenvalue weighted by Crippen LogP contribution is 2.32. The first kappa shape index (κ1) is 21.7. The molecule has 1 atom stereocenters. The average Bonchev–Trinajstić information content (AvgIpc) is 3.30. The van der Waals surface area contributed by atoms with Gasteiger partial charge in [-0.2, -0.15) is 5.01 Å². The maximum absolute atomic E-state index is 12.6. The smallest absolute Gasteiger partial charge is 0.257 e. The Kier molecular flexibility index (Phi) is 5.74. The van der Waals surface area contributed by atoms with E-state index in [4.69, 9.17) is 16.3 Å². The van der Waals surface area contributed by atoms with Crippen molar-refractivity contribution in [1.29, 1.82) is 0 Å². The van der Waals surface area contributed by atoms with E-state index < -0.39 is 6.23 Å². The van der Waals surface area contributed by atoms with Gasteiger partial charge in [-0.05, 0) is 47.2 Å². The molecule has 0 radical (unpaired) electrons. The van der Waals surface area contributed by atoms with Gasteiger partial charge in [-0.3, -0.25) is 9.59 Å². The van der Waals surface area contributed by atoms with E-state index in [0.29, 0.717) is 27.7 Å². The molecule has 1 heterocycles. The number of hydrazone groups is 1. The summed E-state index contributed by atoms with van der Waals surface area (Å²) in [5.74, 6) is -0.269. The fourth-order valence-electron chi connectivity index (χ4n) is 3.84. The lowest BCUT2D eigenvalue weighted by Gasteiger charge is -2.19. The molecule has 1 aliphatic rings. The third kappa shape index (κ3) is 4.23. The predicted molar refractivity (Wildman–Crippen MR) is 133 cm³/mol. The Hall–Kier alpha value is -4.16. The molecule has 7 heteroatoms. The Morgan fingerprint density at radius 2 is 1.68 bits per heavy atom. The molecule has 0 saturated heterocycles. The second-order valence-corrected chi connectivity index (χ2v) is 8.27. The van der Waals surface area contributed by atoms with Crippen LogP contribution in [0, 0.1) is 0 Å². The van der Waals surface area contributed by atoms with Crippen LogP contribution in [0.15, 0.2) is 96.1 Å². The van der Waals surface area contributed by atoms with Crippen molar-refractivity contribution in [3.8, 4) is 0 Å². The molecule has 4 aromatic carbocycles. The zero-order valence-corrected chi connectivity index (χ0v) is 19.0. The first-order chi connectivity index (χ1) is 16.5. The van der Waals surface area contributed by atoms with Crippen molar-refractivity contribution in [3.05, 3.63) is 113 Å². The predicted octanol–water partition coefficient (Wildman–Crippen LogP) is 5.98. The molecule has 5 rings (SSSR count). The van der Waals surface area contributed by atoms with Crippen LogP contribution < -0.4 is 5.32 Å². The van der Waals surface area contributed by atoms with Gasteiger partial charge in [0.25, 0.3) is 5.91 Å². The summed E-state index contributed by atoms with van der Waals surface area (Å²) in [5.41, 5.74) is 2.38. The zero-order chi connectivity index (χ0) is 23.7. The summed E-state index contributed by atoms with van der Waals surface area (Å²) >= 11 is 6.14. The summed E-state index contributed by atoms with van der Waals surface area (Å²) in [6.07, 6.45) is -0.682. The van der Waals surface area contributed by atoms with Crippen molar-refractivity contribution in [1.82, 2.24) is 5.01 Å². The lowest BCUT2D eigenvalue weighted by molar-refractivity contribution is -0.135. The molecule has 168 valence electrons. The van der Waals surface area contributed by atoms with E-state index in [9.17, 15) is 9.59 Å². The van der Waals surface area contributed by atoms with Crippen LogP contribution in [0.4, 0.5) is 5.69 Å². The maximum Gasteiger partial charge on any atom is 0.257 e. The molecule has 0 spiro atoms. The third-order valence-electron chi connectivity index (χ3n) is 5.51. The van der Waals surface area contributed by atoms with Gasteiger partial charge in [-0.1, -0.05) is 66.2 Å². The van der Waals surface area contributed by atoms with Crippen LogP contribution in [0.25, 0.3) is 10.8 Å². The normalized spacial score (nSPS) is 15.1. The van der Waals surface area contributed by atoms with Crippen LogP contribution in [-0.4, -0.2) is 22.7 Å². The number of ether oxygens (including phenoxy) is 1. The molecule has 0 aromatic heterocycles. The topological polar surface area (TPSA) is 71.0 Å². The summed E-state index contributed by atoms with van der Waals surface area (Å²) < 4.78 is 6.14. The number of carbonyl (C=O) groups is 2. The van der Waals surface area contributed by atoms with Gasteiger partial charge in [0.15, 0.2) is 0 Å². The van der Waals surface area contributed by atoms with Crippen LogP contribution in [0.3, 0.4) is 0 Å². The number of nitrogens with zero attached hydrogens (tertiary/aromatic N) is 2. The van der Waals surface area contributed by atoms with Crippen molar-refractivity contribution in [3.63, 3.8) is 0 Å². The van der Waals surface area contributed by atoms with E-state index in [1.807, 2.05) is 48.5 Å². The molecule has 0 aliphatic carbocycles. The van der Waals surface area contributed by atoms with Gasteiger partial charge >= 0.3 is 0 Å². The highest BCUT2D eigenvalue weighted by Gasteiger charge is 2.33. The van der Waals surface area contributed by atoms with Gasteiger partial charge < -0.3 is 10.1 Å². The van der Waals surface area contributed by atoms with Crippen LogP contribution >= 0.6 is 11.6 Å². The number of halogens is 1. The molecule has 2 amide bonds. The average molecular weight is 470 g/mol. The maximum atomic E-state index is 12.6. The summed E-state index contributed by atoms with van der Waals surface area (Å²) in [7, 11) is 0. The second-order valence-electron chi connectivity index (χ2n) is 7.86. The Labute approximate surface area is 201 Å². The third-order valence-corrected chi connectivity index (χ3v) is 5.84. The van der Waals surface area contributed by atoms with E-state index in [0.717, 1.165) is 16.3 Å². The van der Waals surface area contributed by atoms with Crippen LogP contribution in [0.2, 0.25) is 5.02 Å². The van der Waals surface area contributed by atoms with Crippen molar-refractivity contribution in [2.75, 3.05) is 5.32 Å². The van der Waals surface area contributed by atoms with E-state index in [1.165, 1.54) is 11.9 Å². The monoisotopic (exact) mass is 469 g/mol. The Morgan fingerprint density at radius 3 is 2.47 bits per heavy atom. The Bertz CT molecular complexity index is 1450. The molecular weight excluding hydrogens is 450 g/mol. The molecule has 1 aliphatic heterocycles. The van der Waals surface area contributed by atoms with E-state index in [-0.39, 0.29) is 11.8 Å². The van der Waals surface area contributed by atoms with E-state index in [1.54, 1.807) is 42.5 Å². The van der Waals surface area contributed by atoms with E-state index in [2.05, 4.69) is 10.4 Å². The van der Waals surface area contributed by atoms with Crippen molar-refractivity contribution >= 4 is 45.8 Å². The number of carbonyl (C=O) groups excluding carboxylic acids is 2. The molecular formula is C27H20ClN3O3. The van der Waals surface area contributed by atoms with Crippen LogP contribution in [-0.2, 0) is 9.53 Å². The minimum Gasteiger partial charge on any atom is -0.446 e. The molecule has 0 fully saturated rings. The standard InChI is InChI=1S/C27H20ClN3O3/c1-17(32)31-27(21-14-13-18-7-2-3-8-19(18)15-21)34-26(30-31)20-9-6-10-22(16-20)29-25(33)23-11-4-5-12-24(23)28/h2-16,27H,1H3,(H,29,33). The minimum absolute atomic E-state index is 0.240. The van der Waals surface area contributed by atoms with Gasteiger partial charge in [-0.25, -0.2) is 0 Å². The number of benzene rings is 4. The summed E-state index contributed by atoms with van der Waals surface area (Å²) in [4.78, 5) is 25.0. The van der Waals surface area contributed by atoms with Crippen LogP contribution in [0.1, 0.15) is 34.6 Å². The zero-order valence-electron chi connectivity index (χ0n) is 18.2. The van der Waals surface area contributed by atoms with Gasteiger partial charge in [-0.15, -0.1) is 5.10 Å². The highest BCUT2D eigenvalue weighted by molar-refractivity contribution is 6.34. The molecule has 0 saturated carbocycles. The summed E-state index contributed by atoms with van der Waals surface area (Å²) in [6, 6.07) is 27.9. The fraction of sp³-hybridized carbons (Fsp3) is 0.0741. The largest absolute Gasteiger partial charge is 0.446 e. The highest BCUT2D eigenvalue weighted by atomic mass is 35.5. The molecule has 4 aromatic rings. The van der Waals surface area contributed by atoms with Crippen molar-refractivity contribution < 1.29 is 14.3 Å². The van der Waals surface area contributed by atoms with Crippen molar-refractivity contribution in [2.45, 2.75) is 13.2 Å². The lowest BCUT2D eigenvalue weighted by Crippen LogP contribution is -2.25. The van der Waals surface area contributed by atoms with Gasteiger partial charge in [0.1, 0.15) is 0 Å². The van der Waals surface area contributed by atoms with Crippen molar-refractivity contribution in [2.24, 2.45) is 5.10 Å². The van der Waals surface area contributed by atoms with Crippen LogP contribution in [0.5, 0.6) is 0 Å².